The number of benzene rings is 1. The monoisotopic (exact) mass is 279 g/mol. The lowest BCUT2D eigenvalue weighted by Crippen LogP contribution is -2.23. The minimum Gasteiger partial charge on any atom is -0.325 e. The summed E-state index contributed by atoms with van der Waals surface area (Å²) < 4.78 is 0. The Bertz CT molecular complexity index is 674. The molecule has 0 aliphatic carbocycles. The van der Waals surface area contributed by atoms with Crippen molar-refractivity contribution in [2.24, 2.45) is 5.92 Å². The van der Waals surface area contributed by atoms with Crippen molar-refractivity contribution in [3.05, 3.63) is 59.4 Å². The van der Waals surface area contributed by atoms with Crippen molar-refractivity contribution < 1.29 is 4.79 Å². The molecule has 21 heavy (non-hydrogen) atoms. The van der Waals surface area contributed by atoms with Gasteiger partial charge in [-0.3, -0.25) is 9.78 Å². The van der Waals surface area contributed by atoms with Gasteiger partial charge in [-0.15, -0.1) is 0 Å². The molecule has 1 amide bonds. The van der Waals surface area contributed by atoms with E-state index in [9.17, 15) is 10.1 Å². The van der Waals surface area contributed by atoms with E-state index in [0.29, 0.717) is 6.42 Å². The van der Waals surface area contributed by atoms with Gasteiger partial charge in [0.2, 0.25) is 5.91 Å². The normalized spacial score (nSPS) is 11.5. The third-order valence-electron chi connectivity index (χ3n) is 3.30. The Balaban J connectivity index is 2.09. The molecule has 1 unspecified atom stereocenters. The largest absolute Gasteiger partial charge is 0.325 e. The van der Waals surface area contributed by atoms with Crippen LogP contribution in [0.4, 0.5) is 5.69 Å². The summed E-state index contributed by atoms with van der Waals surface area (Å²) in [4.78, 5) is 16.2. The molecule has 4 heteroatoms. The van der Waals surface area contributed by atoms with Crippen molar-refractivity contribution in [2.45, 2.75) is 20.3 Å². The first-order valence-electron chi connectivity index (χ1n) is 6.77. The van der Waals surface area contributed by atoms with Crippen LogP contribution in [0, 0.1) is 31.1 Å². The Kier molecular flexibility index (Phi) is 4.68. The smallest absolute Gasteiger partial charge is 0.242 e. The fourth-order valence-electron chi connectivity index (χ4n) is 2.13. The van der Waals surface area contributed by atoms with Crippen molar-refractivity contribution in [3.8, 4) is 6.07 Å². The van der Waals surface area contributed by atoms with Crippen molar-refractivity contribution in [2.75, 3.05) is 5.32 Å². The SMILES string of the molecule is Cc1ccc(NC(=O)C(C#N)Cc2ccncc2)c(C)c1. The van der Waals surface area contributed by atoms with E-state index in [4.69, 9.17) is 0 Å². The number of aromatic nitrogens is 1. The summed E-state index contributed by atoms with van der Waals surface area (Å²) >= 11 is 0. The second-order valence-corrected chi connectivity index (χ2v) is 5.05. The first-order chi connectivity index (χ1) is 10.1. The molecule has 1 heterocycles. The molecule has 0 fully saturated rings. The summed E-state index contributed by atoms with van der Waals surface area (Å²) in [7, 11) is 0. The molecule has 1 atom stereocenters. The number of pyridine rings is 1. The van der Waals surface area contributed by atoms with Crippen molar-refractivity contribution >= 4 is 11.6 Å². The molecule has 2 aromatic rings. The number of rotatable bonds is 4. The number of aryl methyl sites for hydroxylation is 2. The topological polar surface area (TPSA) is 65.8 Å². The Morgan fingerprint density at radius 1 is 1.29 bits per heavy atom. The summed E-state index contributed by atoms with van der Waals surface area (Å²) in [5, 5.41) is 12.1. The van der Waals surface area contributed by atoms with Crippen molar-refractivity contribution in [1.29, 1.82) is 5.26 Å². The summed E-state index contributed by atoms with van der Waals surface area (Å²) in [6, 6.07) is 11.5. The fraction of sp³-hybridized carbons (Fsp3) is 0.235. The first kappa shape index (κ1) is 14.7. The summed E-state index contributed by atoms with van der Waals surface area (Å²) in [5.41, 5.74) is 3.80. The summed E-state index contributed by atoms with van der Waals surface area (Å²) in [6.07, 6.45) is 3.70. The molecule has 0 spiro atoms. The number of anilines is 1. The number of amides is 1. The number of nitrogens with one attached hydrogen (secondary N) is 1. The minimum absolute atomic E-state index is 0.277. The maximum atomic E-state index is 12.2. The number of hydrogen-bond donors (Lipinski definition) is 1. The zero-order valence-electron chi connectivity index (χ0n) is 12.1. The van der Waals surface area contributed by atoms with Gasteiger partial charge in [0, 0.05) is 18.1 Å². The number of carbonyl (C=O) groups is 1. The standard InChI is InChI=1S/C17H17N3O/c1-12-3-4-16(13(2)9-12)20-17(21)15(11-18)10-14-5-7-19-8-6-14/h3-9,15H,10H2,1-2H3,(H,20,21). The molecule has 1 aromatic carbocycles. The van der Waals surface area contributed by atoms with Gasteiger partial charge in [0.05, 0.1) is 6.07 Å². The molecule has 0 aliphatic rings. The first-order valence-corrected chi connectivity index (χ1v) is 6.77. The van der Waals surface area contributed by atoms with Gasteiger partial charge in [0.1, 0.15) is 5.92 Å². The van der Waals surface area contributed by atoms with E-state index in [0.717, 1.165) is 22.4 Å². The van der Waals surface area contributed by atoms with Crippen LogP contribution in [0.5, 0.6) is 0 Å². The zero-order valence-corrected chi connectivity index (χ0v) is 12.1. The van der Waals surface area contributed by atoms with Crippen LogP contribution in [-0.4, -0.2) is 10.9 Å². The number of hydrogen-bond acceptors (Lipinski definition) is 3. The molecule has 1 aromatic heterocycles. The quantitative estimate of drug-likeness (QED) is 0.935. The van der Waals surface area contributed by atoms with E-state index in [2.05, 4.69) is 16.4 Å². The Hall–Kier alpha value is -2.67. The van der Waals surface area contributed by atoms with Gasteiger partial charge in [-0.2, -0.15) is 5.26 Å². The Labute approximate surface area is 124 Å². The highest BCUT2D eigenvalue weighted by atomic mass is 16.1. The Morgan fingerprint density at radius 2 is 2.00 bits per heavy atom. The lowest BCUT2D eigenvalue weighted by molar-refractivity contribution is -0.118. The molecule has 0 radical (unpaired) electrons. The minimum atomic E-state index is -0.715. The molecule has 106 valence electrons. The second-order valence-electron chi connectivity index (χ2n) is 5.05. The molecule has 0 bridgehead atoms. The highest BCUT2D eigenvalue weighted by Gasteiger charge is 2.19. The van der Waals surface area contributed by atoms with Gasteiger partial charge in [0.25, 0.3) is 0 Å². The molecule has 0 saturated carbocycles. The molecule has 0 saturated heterocycles. The average molecular weight is 279 g/mol. The number of nitrogens with zero attached hydrogens (tertiary/aromatic N) is 2. The van der Waals surface area contributed by atoms with Crippen LogP contribution in [0.15, 0.2) is 42.7 Å². The fourth-order valence-corrected chi connectivity index (χ4v) is 2.13. The predicted octanol–water partition coefficient (Wildman–Crippen LogP) is 3.02. The second kappa shape index (κ2) is 6.67. The predicted molar refractivity (Wildman–Crippen MR) is 81.6 cm³/mol. The van der Waals surface area contributed by atoms with E-state index in [1.807, 2.05) is 44.2 Å². The lowest BCUT2D eigenvalue weighted by atomic mass is 10.0. The summed E-state index contributed by atoms with van der Waals surface area (Å²) in [5.74, 6) is -0.991. The van der Waals surface area contributed by atoms with E-state index in [1.54, 1.807) is 12.4 Å². The van der Waals surface area contributed by atoms with E-state index in [-0.39, 0.29) is 5.91 Å². The molecule has 1 N–H and O–H groups in total. The molecular formula is C17H17N3O. The van der Waals surface area contributed by atoms with Crippen LogP contribution in [0.3, 0.4) is 0 Å². The molecular weight excluding hydrogens is 262 g/mol. The number of nitriles is 1. The van der Waals surface area contributed by atoms with Crippen LogP contribution in [0.25, 0.3) is 0 Å². The molecule has 0 aliphatic heterocycles. The third-order valence-corrected chi connectivity index (χ3v) is 3.30. The van der Waals surface area contributed by atoms with E-state index in [1.165, 1.54) is 0 Å². The maximum Gasteiger partial charge on any atom is 0.242 e. The zero-order chi connectivity index (χ0) is 15.2. The van der Waals surface area contributed by atoms with Gasteiger partial charge < -0.3 is 5.32 Å². The van der Waals surface area contributed by atoms with Crippen LogP contribution in [-0.2, 0) is 11.2 Å². The van der Waals surface area contributed by atoms with Gasteiger partial charge in [-0.25, -0.2) is 0 Å². The lowest BCUT2D eigenvalue weighted by Gasteiger charge is -2.12. The van der Waals surface area contributed by atoms with Gasteiger partial charge in [-0.05, 0) is 49.6 Å². The number of carbonyl (C=O) groups excluding carboxylic acids is 1. The van der Waals surface area contributed by atoms with Crippen LogP contribution in [0.2, 0.25) is 0 Å². The highest BCUT2D eigenvalue weighted by Crippen LogP contribution is 2.18. The van der Waals surface area contributed by atoms with E-state index < -0.39 is 5.92 Å². The van der Waals surface area contributed by atoms with Crippen LogP contribution in [0.1, 0.15) is 16.7 Å². The van der Waals surface area contributed by atoms with Crippen LogP contribution < -0.4 is 5.32 Å². The van der Waals surface area contributed by atoms with Crippen molar-refractivity contribution in [3.63, 3.8) is 0 Å². The summed E-state index contributed by atoms with van der Waals surface area (Å²) in [6.45, 7) is 3.94. The third kappa shape index (κ3) is 3.90. The molecule has 4 nitrogen and oxygen atoms in total. The Morgan fingerprint density at radius 3 is 2.62 bits per heavy atom. The molecule has 2 rings (SSSR count). The van der Waals surface area contributed by atoms with Crippen molar-refractivity contribution in [1.82, 2.24) is 4.98 Å². The van der Waals surface area contributed by atoms with Gasteiger partial charge in [0.15, 0.2) is 0 Å². The average Bonchev–Trinajstić information content (AvgIpc) is 2.48. The van der Waals surface area contributed by atoms with E-state index >= 15 is 0 Å². The highest BCUT2D eigenvalue weighted by molar-refractivity contribution is 5.95. The van der Waals surface area contributed by atoms with Gasteiger partial charge in [-0.1, -0.05) is 17.7 Å². The maximum absolute atomic E-state index is 12.2. The van der Waals surface area contributed by atoms with Crippen LogP contribution >= 0.6 is 0 Å². The van der Waals surface area contributed by atoms with Gasteiger partial charge >= 0.3 is 0 Å².